The first kappa shape index (κ1) is 19.0. The lowest BCUT2D eigenvalue weighted by atomic mass is 10.1. The van der Waals surface area contributed by atoms with Crippen LogP contribution in [0.4, 0.5) is 0 Å². The van der Waals surface area contributed by atoms with E-state index in [2.05, 4.69) is 34.0 Å². The Hall–Kier alpha value is -2.05. The Morgan fingerprint density at radius 3 is 2.83 bits per heavy atom. The molecule has 0 bridgehead atoms. The van der Waals surface area contributed by atoms with Gasteiger partial charge >= 0.3 is 0 Å². The number of aryl methyl sites for hydroxylation is 2. The summed E-state index contributed by atoms with van der Waals surface area (Å²) in [6, 6.07) is 0.271. The smallest absolute Gasteiger partial charge is 0.274 e. The number of imidazole rings is 1. The molecule has 0 fully saturated rings. The third kappa shape index (κ3) is 7.67. The van der Waals surface area contributed by atoms with Gasteiger partial charge in [-0.3, -0.25) is 10.1 Å². The van der Waals surface area contributed by atoms with Crippen LogP contribution < -0.4 is 10.6 Å². The fourth-order valence-corrected chi connectivity index (χ4v) is 2.44. The van der Waals surface area contributed by atoms with Crippen LogP contribution in [0.1, 0.15) is 51.6 Å². The first-order chi connectivity index (χ1) is 11.1. The van der Waals surface area contributed by atoms with E-state index in [1.165, 1.54) is 0 Å². The molecular formula is C16H29N5O2. The van der Waals surface area contributed by atoms with Crippen molar-refractivity contribution < 1.29 is 4.92 Å². The minimum absolute atomic E-state index is 0.271. The molecule has 130 valence electrons. The molecular weight excluding hydrogens is 294 g/mol. The van der Waals surface area contributed by atoms with E-state index in [0.717, 1.165) is 50.5 Å². The van der Waals surface area contributed by atoms with Gasteiger partial charge in [0.25, 0.3) is 6.20 Å². The molecule has 0 aliphatic rings. The molecule has 0 saturated carbocycles. The van der Waals surface area contributed by atoms with Gasteiger partial charge < -0.3 is 15.2 Å². The van der Waals surface area contributed by atoms with Gasteiger partial charge in [0.1, 0.15) is 0 Å². The highest BCUT2D eigenvalue weighted by molar-refractivity contribution is 4.95. The van der Waals surface area contributed by atoms with E-state index in [4.69, 9.17) is 0 Å². The van der Waals surface area contributed by atoms with Crippen molar-refractivity contribution in [3.05, 3.63) is 40.4 Å². The minimum Gasteiger partial charge on any atom is -0.367 e. The van der Waals surface area contributed by atoms with Gasteiger partial charge in [-0.25, -0.2) is 4.98 Å². The Labute approximate surface area is 138 Å². The molecule has 0 aliphatic carbocycles. The second kappa shape index (κ2) is 10.6. The lowest BCUT2D eigenvalue weighted by Gasteiger charge is -2.19. The predicted octanol–water partition coefficient (Wildman–Crippen LogP) is 2.81. The summed E-state index contributed by atoms with van der Waals surface area (Å²) < 4.78 is 2.11. The number of hydrogen-bond acceptors (Lipinski definition) is 5. The quantitative estimate of drug-likeness (QED) is 0.351. The average Bonchev–Trinajstić information content (AvgIpc) is 2.91. The van der Waals surface area contributed by atoms with Gasteiger partial charge in [0.05, 0.1) is 11.3 Å². The number of aromatic nitrogens is 2. The molecule has 1 rings (SSSR count). The maximum Gasteiger partial charge on any atom is 0.274 e. The van der Waals surface area contributed by atoms with Crippen LogP contribution in [-0.2, 0) is 6.54 Å². The van der Waals surface area contributed by atoms with Crippen molar-refractivity contribution in [2.45, 2.75) is 65.5 Å². The van der Waals surface area contributed by atoms with Crippen LogP contribution in [0.25, 0.3) is 0 Å². The fraction of sp³-hybridized carbons (Fsp3) is 0.688. The number of rotatable bonds is 12. The van der Waals surface area contributed by atoms with Crippen LogP contribution in [0, 0.1) is 17.0 Å². The second-order valence-corrected chi connectivity index (χ2v) is 5.73. The molecule has 0 amide bonds. The van der Waals surface area contributed by atoms with Crippen LogP contribution >= 0.6 is 0 Å². The van der Waals surface area contributed by atoms with Crippen molar-refractivity contribution in [3.63, 3.8) is 0 Å². The van der Waals surface area contributed by atoms with E-state index in [-0.39, 0.29) is 6.04 Å². The first-order valence-corrected chi connectivity index (χ1v) is 8.39. The van der Waals surface area contributed by atoms with Gasteiger partial charge in [-0.15, -0.1) is 0 Å². The number of nitro groups is 1. The minimum atomic E-state index is -0.414. The van der Waals surface area contributed by atoms with E-state index >= 15 is 0 Å². The average molecular weight is 323 g/mol. The molecule has 1 aromatic heterocycles. The number of hydrogen-bond donors (Lipinski definition) is 2. The SMILES string of the molecule is CCCC(CC)N/C(=C/[N+](=O)[O-])NCCCCn1cncc1C. The Morgan fingerprint density at radius 1 is 1.48 bits per heavy atom. The molecule has 0 radical (unpaired) electrons. The Balaban J connectivity index is 2.36. The van der Waals surface area contributed by atoms with Gasteiger partial charge in [0.2, 0.25) is 0 Å². The summed E-state index contributed by atoms with van der Waals surface area (Å²) >= 11 is 0. The zero-order valence-electron chi connectivity index (χ0n) is 14.4. The maximum atomic E-state index is 10.8. The second-order valence-electron chi connectivity index (χ2n) is 5.73. The predicted molar refractivity (Wildman–Crippen MR) is 91.4 cm³/mol. The van der Waals surface area contributed by atoms with Crippen LogP contribution in [0.3, 0.4) is 0 Å². The summed E-state index contributed by atoms with van der Waals surface area (Å²) in [7, 11) is 0. The summed E-state index contributed by atoms with van der Waals surface area (Å²) in [5, 5.41) is 17.2. The molecule has 7 heteroatoms. The number of nitrogens with zero attached hydrogens (tertiary/aromatic N) is 3. The van der Waals surface area contributed by atoms with Crippen molar-refractivity contribution in [2.24, 2.45) is 0 Å². The van der Waals surface area contributed by atoms with Gasteiger partial charge in [-0.05, 0) is 32.6 Å². The van der Waals surface area contributed by atoms with Gasteiger partial charge in [-0.2, -0.15) is 0 Å². The molecule has 1 aromatic rings. The molecule has 1 unspecified atom stereocenters. The summed E-state index contributed by atoms with van der Waals surface area (Å²) in [6.45, 7) is 7.87. The van der Waals surface area contributed by atoms with Gasteiger partial charge in [0, 0.05) is 31.0 Å². The summed E-state index contributed by atoms with van der Waals surface area (Å²) in [4.78, 5) is 14.4. The van der Waals surface area contributed by atoms with Crippen molar-refractivity contribution >= 4 is 0 Å². The fourth-order valence-electron chi connectivity index (χ4n) is 2.44. The van der Waals surface area contributed by atoms with Gasteiger partial charge in [-0.1, -0.05) is 20.3 Å². The number of nitrogens with one attached hydrogen (secondary N) is 2. The van der Waals surface area contributed by atoms with Crippen molar-refractivity contribution in [2.75, 3.05) is 6.54 Å². The number of unbranched alkanes of at least 4 members (excludes halogenated alkanes) is 1. The highest BCUT2D eigenvalue weighted by Gasteiger charge is 2.09. The monoisotopic (exact) mass is 323 g/mol. The Morgan fingerprint density at radius 2 is 2.26 bits per heavy atom. The van der Waals surface area contributed by atoms with E-state index in [9.17, 15) is 10.1 Å². The highest BCUT2D eigenvalue weighted by Crippen LogP contribution is 2.04. The van der Waals surface area contributed by atoms with Crippen LogP contribution in [0.2, 0.25) is 0 Å². The molecule has 1 heterocycles. The first-order valence-electron chi connectivity index (χ1n) is 8.39. The molecule has 23 heavy (non-hydrogen) atoms. The summed E-state index contributed by atoms with van der Waals surface area (Å²) in [5.74, 6) is 0.508. The van der Waals surface area contributed by atoms with E-state index in [1.54, 1.807) is 0 Å². The topological polar surface area (TPSA) is 85.0 Å². The zero-order chi connectivity index (χ0) is 17.1. The van der Waals surface area contributed by atoms with E-state index in [1.807, 2.05) is 19.4 Å². The van der Waals surface area contributed by atoms with Crippen LogP contribution in [0.15, 0.2) is 24.5 Å². The van der Waals surface area contributed by atoms with E-state index in [0.29, 0.717) is 12.4 Å². The lowest BCUT2D eigenvalue weighted by Crippen LogP contribution is -2.35. The van der Waals surface area contributed by atoms with Crippen LogP contribution in [0.5, 0.6) is 0 Å². The molecule has 2 N–H and O–H groups in total. The van der Waals surface area contributed by atoms with Crippen molar-refractivity contribution in [1.82, 2.24) is 20.2 Å². The lowest BCUT2D eigenvalue weighted by molar-refractivity contribution is -0.404. The Kier molecular flexibility index (Phi) is 8.79. The van der Waals surface area contributed by atoms with Gasteiger partial charge in [0.15, 0.2) is 5.82 Å². The third-order valence-electron chi connectivity index (χ3n) is 3.79. The largest absolute Gasteiger partial charge is 0.367 e. The highest BCUT2D eigenvalue weighted by atomic mass is 16.6. The molecule has 7 nitrogen and oxygen atoms in total. The molecule has 1 atom stereocenters. The van der Waals surface area contributed by atoms with Crippen molar-refractivity contribution in [1.29, 1.82) is 0 Å². The van der Waals surface area contributed by atoms with E-state index < -0.39 is 4.92 Å². The summed E-state index contributed by atoms with van der Waals surface area (Å²) in [6.07, 6.45) is 9.66. The zero-order valence-corrected chi connectivity index (χ0v) is 14.4. The Bertz CT molecular complexity index is 498. The molecule has 0 aliphatic heterocycles. The summed E-state index contributed by atoms with van der Waals surface area (Å²) in [5.41, 5.74) is 1.15. The third-order valence-corrected chi connectivity index (χ3v) is 3.79. The molecule has 0 aromatic carbocycles. The standard InChI is InChI=1S/C16H29N5O2/c1-4-8-15(5-2)19-16(12-21(22)23)18-9-6-7-10-20-13-17-11-14(20)3/h11-13,15,18-19H,4-10H2,1-3H3/b16-12+. The van der Waals surface area contributed by atoms with Crippen LogP contribution in [-0.4, -0.2) is 27.1 Å². The molecule has 0 spiro atoms. The van der Waals surface area contributed by atoms with Crippen molar-refractivity contribution in [3.8, 4) is 0 Å². The normalized spacial score (nSPS) is 12.9. The maximum absolute atomic E-state index is 10.8. The molecule has 0 saturated heterocycles.